The van der Waals surface area contributed by atoms with Gasteiger partial charge in [-0.1, -0.05) is 25.6 Å². The van der Waals surface area contributed by atoms with Crippen molar-refractivity contribution in [2.75, 3.05) is 13.7 Å². The smallest absolute Gasteiger partial charge is 0.322 e. The molecule has 2 unspecified atom stereocenters. The molecule has 0 spiro atoms. The summed E-state index contributed by atoms with van der Waals surface area (Å²) in [4.78, 5) is 11.6. The molecule has 1 aliphatic rings. The molecule has 0 amide bonds. The maximum Gasteiger partial charge on any atom is 0.322 e. The van der Waals surface area contributed by atoms with Crippen LogP contribution in [-0.2, 0) is 46.6 Å². The predicted molar refractivity (Wildman–Crippen MR) is 251 cm³/mol. The van der Waals surface area contributed by atoms with Gasteiger partial charge in [-0.25, -0.2) is 0 Å². The summed E-state index contributed by atoms with van der Waals surface area (Å²) in [5, 5.41) is 0. The van der Waals surface area contributed by atoms with E-state index in [2.05, 4.69) is 91.7 Å². The second-order valence-electron chi connectivity index (χ2n) is 19.8. The Labute approximate surface area is 339 Å². The summed E-state index contributed by atoms with van der Waals surface area (Å²) >= 11 is 0. The van der Waals surface area contributed by atoms with Crippen LogP contribution in [0.1, 0.15) is 12.8 Å². The lowest BCUT2D eigenvalue weighted by atomic mass is 10.4. The molecule has 0 saturated carbocycles. The van der Waals surface area contributed by atoms with E-state index in [4.69, 9.17) is 41.8 Å². The van der Waals surface area contributed by atoms with E-state index in [0.29, 0.717) is 0 Å². The first-order chi connectivity index (χ1) is 23.4. The van der Waals surface area contributed by atoms with Crippen molar-refractivity contribution in [2.45, 2.75) is 174 Å². The molecule has 0 aromatic rings. The molecule has 23 heteroatoms. The highest BCUT2D eigenvalue weighted by molar-refractivity contribution is 7.39. The molecule has 0 N–H and O–H groups in total. The lowest BCUT2D eigenvalue weighted by Crippen LogP contribution is -2.65. The summed E-state index contributed by atoms with van der Waals surface area (Å²) in [7, 11) is -25.3. The van der Waals surface area contributed by atoms with Gasteiger partial charge in [0.1, 0.15) is 5.91 Å². The first-order valence-corrected chi connectivity index (χ1v) is 53.6. The van der Waals surface area contributed by atoms with Gasteiger partial charge in [0.05, 0.1) is 7.59 Å². The van der Waals surface area contributed by atoms with Crippen LogP contribution in [0.25, 0.3) is 0 Å². The van der Waals surface area contributed by atoms with Crippen molar-refractivity contribution in [3.63, 3.8) is 0 Å². The topological polar surface area (TPSA) is 109 Å². The highest BCUT2D eigenvalue weighted by atomic mass is 29.3. The summed E-state index contributed by atoms with van der Waals surface area (Å²) in [5.74, 6) is 0.960. The average Bonchev–Trinajstić information content (AvgIpc) is 2.87. The van der Waals surface area contributed by atoms with Gasteiger partial charge in [0, 0.05) is 13.7 Å². The van der Waals surface area contributed by atoms with Crippen molar-refractivity contribution in [1.29, 1.82) is 0 Å². The van der Waals surface area contributed by atoms with Crippen LogP contribution >= 0.6 is 0 Å². The molecule has 11 nitrogen and oxygen atoms in total. The molecule has 1 rings (SSSR count). The molecule has 53 heavy (non-hydrogen) atoms. The van der Waals surface area contributed by atoms with Crippen molar-refractivity contribution in [2.24, 2.45) is 0 Å². The lowest BCUT2D eigenvalue weighted by molar-refractivity contribution is 0.218. The van der Waals surface area contributed by atoms with E-state index in [1.807, 2.05) is 46.4 Å². The van der Waals surface area contributed by atoms with Crippen molar-refractivity contribution in [3.8, 4) is 0 Å². The third kappa shape index (κ3) is 20.1. The maximum absolute atomic E-state index is 11.6. The first kappa shape index (κ1) is 52.9. The Morgan fingerprint density at radius 1 is 0.623 bits per heavy atom. The van der Waals surface area contributed by atoms with Crippen LogP contribution in [-0.4, -0.2) is 121 Å². The van der Waals surface area contributed by atoms with Crippen LogP contribution in [0, 0.1) is 0 Å². The Bertz CT molecular complexity index is 1170. The molecule has 1 aliphatic heterocycles. The molecule has 316 valence electrons. The molecule has 0 bridgehead atoms. The van der Waals surface area contributed by atoms with Gasteiger partial charge in [0.2, 0.25) is 8.32 Å². The zero-order valence-corrected chi connectivity index (χ0v) is 50.3. The lowest BCUT2D eigenvalue weighted by Gasteiger charge is -2.47. The molecule has 1 heterocycles. The summed E-state index contributed by atoms with van der Waals surface area (Å²) in [5.41, 5.74) is 0. The van der Waals surface area contributed by atoms with Crippen molar-refractivity contribution in [1.82, 2.24) is 0 Å². The predicted octanol–water partition coefficient (Wildman–Crippen LogP) is 8.91. The van der Waals surface area contributed by atoms with Crippen molar-refractivity contribution < 1.29 is 46.6 Å². The zero-order valence-electron chi connectivity index (χ0n) is 37.9. The van der Waals surface area contributed by atoms with Gasteiger partial charge in [0.15, 0.2) is 25.9 Å². The van der Waals surface area contributed by atoms with Gasteiger partial charge >= 0.3 is 59.9 Å². The molecule has 0 aromatic carbocycles. The van der Waals surface area contributed by atoms with Gasteiger partial charge < -0.3 is 46.6 Å². The number of hydrogen-bond acceptors (Lipinski definition) is 11. The zero-order chi connectivity index (χ0) is 41.6. The molecular formula is C30H82O11Si12. The minimum Gasteiger partial charge on any atom is -0.439 e. The minimum atomic E-state index is -2.69. The number of carbonyl (C=O) groups excluding carboxylic acids is 1. The van der Waals surface area contributed by atoms with Gasteiger partial charge in [-0.2, -0.15) is 0 Å². The fourth-order valence-electron chi connectivity index (χ4n) is 7.65. The molecule has 0 aliphatic carbocycles. The monoisotopic (exact) mass is 954 g/mol. The van der Waals surface area contributed by atoms with Crippen LogP contribution in [0.3, 0.4) is 0 Å². The second kappa shape index (κ2) is 19.5. The Kier molecular flexibility index (Phi) is 19.5. The van der Waals surface area contributed by atoms with Gasteiger partial charge in [-0.3, -0.25) is 0 Å². The SMILES string of the molecule is CO[SiH2]CC[Si]1(C)CCCCO[Si](C)(C)O[Si](C)(CC[Si](C)(C)[Si](C)(C)O[Si](C)(C)O[Si](C)(C)O[Si](C)(C)O[Si](C)(C)O[Si](C)(C)O[Si](C)(C)C=O)O1. The van der Waals surface area contributed by atoms with Crippen molar-refractivity contribution >= 4 is 108 Å². The van der Waals surface area contributed by atoms with E-state index in [1.54, 1.807) is 0 Å². The first-order valence-electron chi connectivity index (χ1n) is 19.6. The minimum absolute atomic E-state index is 0.492. The number of carbonyl (C=O) groups is 1. The Hall–Kier alpha value is 1.87. The summed E-state index contributed by atoms with van der Waals surface area (Å²) in [6, 6.07) is 5.58. The van der Waals surface area contributed by atoms with Crippen LogP contribution < -0.4 is 0 Å². The van der Waals surface area contributed by atoms with E-state index in [-0.39, 0.29) is 0 Å². The third-order valence-electron chi connectivity index (χ3n) is 9.62. The summed E-state index contributed by atoms with van der Waals surface area (Å²) in [6.07, 6.45) is 2.24. The van der Waals surface area contributed by atoms with E-state index in [0.717, 1.165) is 43.1 Å². The van der Waals surface area contributed by atoms with E-state index >= 15 is 0 Å². The molecule has 2 atom stereocenters. The van der Waals surface area contributed by atoms with Gasteiger partial charge in [0.25, 0.3) is 0 Å². The van der Waals surface area contributed by atoms with Crippen LogP contribution in [0.5, 0.6) is 0 Å². The fraction of sp³-hybridized carbons (Fsp3) is 0.967. The standard InChI is InChI=1S/C30H82O11Si12/c1-32-42-25-27-52(20)26-23-22-24-33-45(6,7)40-53(21,41-52)29-28-44(4,5)51(18,19)39-50(16,17)38-49(14,15)37-48(12,13)36-47(10,11)35-46(8,9)34-43(2,3)30-31/h30H,22-29,42H2,1-21H3. The fourth-order valence-corrected chi connectivity index (χ4v) is 69.6. The number of rotatable bonds is 21. The van der Waals surface area contributed by atoms with Crippen LogP contribution in [0.2, 0.25) is 161 Å². The Balaban J connectivity index is 3.11. The average molecular weight is 956 g/mol. The largest absolute Gasteiger partial charge is 0.439 e. The van der Waals surface area contributed by atoms with E-state index in [1.165, 1.54) is 12.5 Å². The quantitative estimate of drug-likeness (QED) is 0.0626. The van der Waals surface area contributed by atoms with Gasteiger partial charge in [-0.15, -0.1) is 0 Å². The molecule has 0 aromatic heterocycles. The normalized spacial score (nSPS) is 23.8. The highest BCUT2D eigenvalue weighted by Crippen LogP contribution is 2.37. The maximum atomic E-state index is 11.6. The van der Waals surface area contributed by atoms with Crippen LogP contribution in [0.15, 0.2) is 0 Å². The van der Waals surface area contributed by atoms with Gasteiger partial charge in [-0.05, 0) is 148 Å². The Morgan fingerprint density at radius 2 is 1.08 bits per heavy atom. The summed E-state index contributed by atoms with van der Waals surface area (Å²) in [6.45, 7) is 44.4. The summed E-state index contributed by atoms with van der Waals surface area (Å²) < 4.78 is 67.2. The van der Waals surface area contributed by atoms with E-state index in [9.17, 15) is 4.79 Å². The molecule has 1 fully saturated rings. The van der Waals surface area contributed by atoms with Crippen molar-refractivity contribution in [3.05, 3.63) is 0 Å². The molecular weight excluding hydrogens is 873 g/mol. The van der Waals surface area contributed by atoms with E-state index < -0.39 is 102 Å². The molecule has 1 saturated heterocycles. The highest BCUT2D eigenvalue weighted by Gasteiger charge is 2.53. The second-order valence-corrected chi connectivity index (χ2v) is 70.2. The Morgan fingerprint density at radius 3 is 1.53 bits per heavy atom. The third-order valence-corrected chi connectivity index (χ3v) is 64.7. The van der Waals surface area contributed by atoms with Crippen LogP contribution in [0.4, 0.5) is 0 Å². The molecule has 0 radical (unpaired) electrons. The number of hydrogen-bond donors (Lipinski definition) is 0.